The molecular formula is C20H29N3O5. The van der Waals surface area contributed by atoms with Crippen molar-refractivity contribution in [1.29, 1.82) is 0 Å². The molecule has 3 rings (SSSR count). The van der Waals surface area contributed by atoms with Gasteiger partial charge in [-0.15, -0.1) is 0 Å². The predicted octanol–water partition coefficient (Wildman–Crippen LogP) is 0.931. The van der Waals surface area contributed by atoms with Crippen molar-refractivity contribution in [3.63, 3.8) is 0 Å². The van der Waals surface area contributed by atoms with E-state index >= 15 is 0 Å². The highest BCUT2D eigenvalue weighted by Gasteiger charge is 2.32. The fourth-order valence-electron chi connectivity index (χ4n) is 3.74. The van der Waals surface area contributed by atoms with Crippen molar-refractivity contribution in [2.24, 2.45) is 5.73 Å². The molecule has 0 saturated carbocycles. The maximum absolute atomic E-state index is 12.8. The Hall–Kier alpha value is -2.32. The van der Waals surface area contributed by atoms with E-state index in [1.54, 1.807) is 37.3 Å². The van der Waals surface area contributed by atoms with Crippen LogP contribution in [0, 0.1) is 0 Å². The molecule has 2 fully saturated rings. The van der Waals surface area contributed by atoms with Gasteiger partial charge in [0, 0.05) is 31.2 Å². The maximum atomic E-state index is 12.8. The van der Waals surface area contributed by atoms with Crippen molar-refractivity contribution in [3.05, 3.63) is 23.8 Å². The smallest absolute Gasteiger partial charge is 0.253 e. The summed E-state index contributed by atoms with van der Waals surface area (Å²) in [7, 11) is 3.11. The van der Waals surface area contributed by atoms with Crippen LogP contribution in [-0.4, -0.2) is 68.8 Å². The molecule has 0 bridgehead atoms. The first-order valence-corrected chi connectivity index (χ1v) is 9.73. The first-order valence-electron chi connectivity index (χ1n) is 9.73. The lowest BCUT2D eigenvalue weighted by Gasteiger charge is -2.33. The topological polar surface area (TPSA) is 103 Å². The van der Waals surface area contributed by atoms with Crippen molar-refractivity contribution < 1.29 is 23.8 Å². The SMILES string of the molecule is COc1ccc(C(=O)N2CCC(NC(=O)[C@@H]3CC[C@H](CN)O3)CC2)cc1OC. The third kappa shape index (κ3) is 4.56. The second kappa shape index (κ2) is 9.25. The van der Waals surface area contributed by atoms with Crippen LogP contribution >= 0.6 is 0 Å². The molecule has 2 saturated heterocycles. The quantitative estimate of drug-likeness (QED) is 0.748. The van der Waals surface area contributed by atoms with Gasteiger partial charge >= 0.3 is 0 Å². The van der Waals surface area contributed by atoms with Crippen LogP contribution in [0.25, 0.3) is 0 Å². The molecule has 8 heteroatoms. The number of piperidine rings is 1. The van der Waals surface area contributed by atoms with Crippen LogP contribution in [-0.2, 0) is 9.53 Å². The molecule has 2 aliphatic rings. The van der Waals surface area contributed by atoms with Gasteiger partial charge in [0.25, 0.3) is 5.91 Å². The summed E-state index contributed by atoms with van der Waals surface area (Å²) < 4.78 is 16.1. The summed E-state index contributed by atoms with van der Waals surface area (Å²) in [6.45, 7) is 1.63. The van der Waals surface area contributed by atoms with Gasteiger partial charge in [0.1, 0.15) is 6.10 Å². The predicted molar refractivity (Wildman–Crippen MR) is 104 cm³/mol. The van der Waals surface area contributed by atoms with E-state index in [0.717, 1.165) is 19.3 Å². The number of nitrogens with zero attached hydrogens (tertiary/aromatic N) is 1. The van der Waals surface area contributed by atoms with Gasteiger partial charge in [-0.05, 0) is 43.9 Å². The number of ether oxygens (including phenoxy) is 3. The second-order valence-corrected chi connectivity index (χ2v) is 7.20. The Kier molecular flexibility index (Phi) is 6.74. The highest BCUT2D eigenvalue weighted by Crippen LogP contribution is 2.28. The number of likely N-dealkylation sites (tertiary alicyclic amines) is 1. The molecule has 2 aliphatic heterocycles. The van der Waals surface area contributed by atoms with E-state index in [-0.39, 0.29) is 24.0 Å². The van der Waals surface area contributed by atoms with Crippen LogP contribution in [0.2, 0.25) is 0 Å². The summed E-state index contributed by atoms with van der Waals surface area (Å²) in [5.41, 5.74) is 6.16. The summed E-state index contributed by atoms with van der Waals surface area (Å²) in [6, 6.07) is 5.22. The van der Waals surface area contributed by atoms with E-state index in [1.807, 2.05) is 0 Å². The molecular weight excluding hydrogens is 362 g/mol. The van der Waals surface area contributed by atoms with Gasteiger partial charge in [0.2, 0.25) is 5.91 Å². The largest absolute Gasteiger partial charge is 0.493 e. The van der Waals surface area contributed by atoms with Crippen LogP contribution in [0.5, 0.6) is 11.5 Å². The van der Waals surface area contributed by atoms with Crippen molar-refractivity contribution in [3.8, 4) is 11.5 Å². The first-order chi connectivity index (χ1) is 13.5. The second-order valence-electron chi connectivity index (χ2n) is 7.20. The molecule has 2 amide bonds. The minimum atomic E-state index is -0.403. The average Bonchev–Trinajstić information content (AvgIpc) is 3.23. The van der Waals surface area contributed by atoms with Crippen LogP contribution in [0.15, 0.2) is 18.2 Å². The first kappa shape index (κ1) is 20.4. The normalized spacial score (nSPS) is 22.8. The number of methoxy groups -OCH3 is 2. The third-order valence-electron chi connectivity index (χ3n) is 5.42. The molecule has 154 valence electrons. The molecule has 8 nitrogen and oxygen atoms in total. The molecule has 0 aromatic heterocycles. The highest BCUT2D eigenvalue weighted by atomic mass is 16.5. The Morgan fingerprint density at radius 1 is 1.14 bits per heavy atom. The van der Waals surface area contributed by atoms with Gasteiger partial charge in [-0.1, -0.05) is 0 Å². The number of rotatable bonds is 6. The molecule has 1 aromatic carbocycles. The zero-order valence-electron chi connectivity index (χ0n) is 16.5. The summed E-state index contributed by atoms with van der Waals surface area (Å²) in [5.74, 6) is 1.01. The van der Waals surface area contributed by atoms with Gasteiger partial charge in [-0.3, -0.25) is 9.59 Å². The summed E-state index contributed by atoms with van der Waals surface area (Å²) in [5, 5.41) is 3.06. The Balaban J connectivity index is 1.51. The average molecular weight is 391 g/mol. The third-order valence-corrected chi connectivity index (χ3v) is 5.42. The summed E-state index contributed by atoms with van der Waals surface area (Å²) in [6.07, 6.45) is 2.56. The minimum Gasteiger partial charge on any atom is -0.493 e. The Morgan fingerprint density at radius 3 is 2.46 bits per heavy atom. The van der Waals surface area contributed by atoms with Crippen LogP contribution in [0.3, 0.4) is 0 Å². The lowest BCUT2D eigenvalue weighted by Crippen LogP contribution is -2.48. The molecule has 3 N–H and O–H groups in total. The number of carbonyl (C=O) groups excluding carboxylic acids is 2. The number of nitrogens with one attached hydrogen (secondary N) is 1. The fourth-order valence-corrected chi connectivity index (χ4v) is 3.74. The minimum absolute atomic E-state index is 0.0169. The molecule has 1 aromatic rings. The van der Waals surface area contributed by atoms with Crippen LogP contribution < -0.4 is 20.5 Å². The van der Waals surface area contributed by atoms with Gasteiger partial charge in [-0.25, -0.2) is 0 Å². The lowest BCUT2D eigenvalue weighted by molar-refractivity contribution is -0.132. The zero-order valence-corrected chi connectivity index (χ0v) is 16.5. The number of hydrogen-bond acceptors (Lipinski definition) is 6. The molecule has 28 heavy (non-hydrogen) atoms. The van der Waals surface area contributed by atoms with Crippen molar-refractivity contribution in [2.45, 2.75) is 43.9 Å². The molecule has 0 spiro atoms. The summed E-state index contributed by atoms with van der Waals surface area (Å²) in [4.78, 5) is 27.0. The van der Waals surface area contributed by atoms with E-state index < -0.39 is 6.10 Å². The fraction of sp³-hybridized carbons (Fsp3) is 0.600. The molecule has 0 radical (unpaired) electrons. The van der Waals surface area contributed by atoms with E-state index in [0.29, 0.717) is 43.1 Å². The Bertz CT molecular complexity index is 703. The standard InChI is InChI=1S/C20H29N3O5/c1-26-16-5-3-13(11-18(16)27-2)20(25)23-9-7-14(8-10-23)22-19(24)17-6-4-15(12-21)28-17/h3,5,11,14-15,17H,4,6-10,12,21H2,1-2H3,(H,22,24)/t15-,17+/m1/s1. The van der Waals surface area contributed by atoms with Crippen molar-refractivity contribution in [2.75, 3.05) is 33.9 Å². The molecule has 2 heterocycles. The van der Waals surface area contributed by atoms with Gasteiger partial charge in [0.05, 0.1) is 20.3 Å². The number of carbonyl (C=O) groups is 2. The van der Waals surface area contributed by atoms with E-state index in [2.05, 4.69) is 5.32 Å². The lowest BCUT2D eigenvalue weighted by atomic mass is 10.0. The number of amides is 2. The van der Waals surface area contributed by atoms with E-state index in [1.165, 1.54) is 0 Å². The Morgan fingerprint density at radius 2 is 1.86 bits per heavy atom. The Labute approximate surface area is 165 Å². The molecule has 0 aliphatic carbocycles. The highest BCUT2D eigenvalue weighted by molar-refractivity contribution is 5.95. The zero-order chi connectivity index (χ0) is 20.1. The molecule has 2 atom stereocenters. The van der Waals surface area contributed by atoms with Gasteiger partial charge in [0.15, 0.2) is 11.5 Å². The number of nitrogens with two attached hydrogens (primary N) is 1. The number of hydrogen-bond donors (Lipinski definition) is 2. The van der Waals surface area contributed by atoms with E-state index in [4.69, 9.17) is 19.9 Å². The van der Waals surface area contributed by atoms with Gasteiger partial charge < -0.3 is 30.2 Å². The monoisotopic (exact) mass is 391 g/mol. The van der Waals surface area contributed by atoms with Crippen LogP contribution in [0.4, 0.5) is 0 Å². The van der Waals surface area contributed by atoms with Crippen LogP contribution in [0.1, 0.15) is 36.0 Å². The number of benzene rings is 1. The van der Waals surface area contributed by atoms with Gasteiger partial charge in [-0.2, -0.15) is 0 Å². The maximum Gasteiger partial charge on any atom is 0.253 e. The van der Waals surface area contributed by atoms with Crippen molar-refractivity contribution in [1.82, 2.24) is 10.2 Å². The summed E-state index contributed by atoms with van der Waals surface area (Å²) >= 11 is 0. The van der Waals surface area contributed by atoms with E-state index in [9.17, 15) is 9.59 Å². The van der Waals surface area contributed by atoms with Crippen molar-refractivity contribution >= 4 is 11.8 Å². The molecule has 0 unspecified atom stereocenters.